The Balaban J connectivity index is 3.50. The van der Waals surface area contributed by atoms with E-state index in [9.17, 15) is 5.11 Å². The van der Waals surface area contributed by atoms with Crippen molar-refractivity contribution in [1.82, 2.24) is 0 Å². The number of hydrogen-bond donors (Lipinski definition) is 1. The van der Waals surface area contributed by atoms with E-state index in [2.05, 4.69) is 52.6 Å². The maximum absolute atomic E-state index is 10.1. The number of aliphatic hydroxyl groups excluding tert-OH is 1. The summed E-state index contributed by atoms with van der Waals surface area (Å²) in [7, 11) is -1.77. The highest BCUT2D eigenvalue weighted by atomic mass is 28.4. The van der Waals surface area contributed by atoms with Crippen LogP contribution in [0, 0.1) is 11.8 Å². The highest BCUT2D eigenvalue weighted by Crippen LogP contribution is 2.36. The molecule has 0 aromatic carbocycles. The van der Waals surface area contributed by atoms with Crippen molar-refractivity contribution in [3.05, 3.63) is 0 Å². The van der Waals surface area contributed by atoms with E-state index in [1.807, 2.05) is 0 Å². The molecule has 0 bridgehead atoms. The van der Waals surface area contributed by atoms with Gasteiger partial charge in [-0.15, -0.1) is 11.8 Å². The first kappa shape index (κ1) is 27.7. The van der Waals surface area contributed by atoms with Gasteiger partial charge in [0.05, 0.1) is 12.7 Å². The SMILES string of the molecule is CCCCCCCCCCCCCCC#CC[C@@H](O)CO[Si](C)(C)C(C)(C)C. The fraction of sp³-hybridized carbons (Fsp3) is 0.920. The molecule has 0 amide bonds. The summed E-state index contributed by atoms with van der Waals surface area (Å²) in [5, 5.41) is 10.3. The first-order chi connectivity index (χ1) is 13.2. The van der Waals surface area contributed by atoms with Gasteiger partial charge in [0.25, 0.3) is 0 Å². The zero-order chi connectivity index (χ0) is 21.3. The summed E-state index contributed by atoms with van der Waals surface area (Å²) >= 11 is 0. The number of hydrogen-bond acceptors (Lipinski definition) is 2. The smallest absolute Gasteiger partial charge is 0.192 e. The molecule has 0 saturated carbocycles. The molecule has 0 aliphatic carbocycles. The fourth-order valence-electron chi connectivity index (χ4n) is 2.91. The quantitative estimate of drug-likeness (QED) is 0.159. The van der Waals surface area contributed by atoms with Gasteiger partial charge >= 0.3 is 0 Å². The predicted molar refractivity (Wildman–Crippen MR) is 127 cm³/mol. The Bertz CT molecular complexity index is 414. The lowest BCUT2D eigenvalue weighted by Gasteiger charge is -2.36. The lowest BCUT2D eigenvalue weighted by Crippen LogP contribution is -2.42. The van der Waals surface area contributed by atoms with Gasteiger partial charge in [-0.05, 0) is 24.6 Å². The maximum Gasteiger partial charge on any atom is 0.192 e. The van der Waals surface area contributed by atoms with Crippen molar-refractivity contribution in [3.63, 3.8) is 0 Å². The molecule has 0 aromatic rings. The lowest BCUT2D eigenvalue weighted by atomic mass is 10.0. The van der Waals surface area contributed by atoms with Crippen molar-refractivity contribution < 1.29 is 9.53 Å². The highest BCUT2D eigenvalue weighted by Gasteiger charge is 2.37. The van der Waals surface area contributed by atoms with Crippen LogP contribution in [0.1, 0.15) is 118 Å². The molecular formula is C25H50O2Si. The Morgan fingerprint density at radius 3 is 1.71 bits per heavy atom. The molecule has 1 N–H and O–H groups in total. The topological polar surface area (TPSA) is 29.5 Å². The molecule has 0 heterocycles. The monoisotopic (exact) mass is 410 g/mol. The van der Waals surface area contributed by atoms with Gasteiger partial charge in [0.2, 0.25) is 0 Å². The standard InChI is InChI=1S/C25H50O2Si/c1-7-8-9-10-11-12-13-14-15-16-17-18-19-20-21-22-24(26)23-27-28(5,6)25(2,3)4/h24,26H,7-19,22-23H2,1-6H3/t24-/m1/s1. The minimum Gasteiger partial charge on any atom is -0.414 e. The Morgan fingerprint density at radius 1 is 0.786 bits per heavy atom. The van der Waals surface area contributed by atoms with Crippen LogP contribution in [0.3, 0.4) is 0 Å². The van der Waals surface area contributed by atoms with E-state index in [-0.39, 0.29) is 5.04 Å². The molecular weight excluding hydrogens is 360 g/mol. The lowest BCUT2D eigenvalue weighted by molar-refractivity contribution is 0.104. The molecule has 0 fully saturated rings. The largest absolute Gasteiger partial charge is 0.414 e. The van der Waals surface area contributed by atoms with Gasteiger partial charge < -0.3 is 9.53 Å². The highest BCUT2D eigenvalue weighted by molar-refractivity contribution is 6.74. The number of aliphatic hydroxyl groups is 1. The van der Waals surface area contributed by atoms with Gasteiger partial charge in [-0.2, -0.15) is 0 Å². The van der Waals surface area contributed by atoms with Crippen LogP contribution in [-0.2, 0) is 4.43 Å². The van der Waals surface area contributed by atoms with Crippen molar-refractivity contribution in [2.45, 2.75) is 142 Å². The summed E-state index contributed by atoms with van der Waals surface area (Å²) in [6.45, 7) is 13.8. The molecule has 0 spiro atoms. The second-order valence-electron chi connectivity index (χ2n) is 9.92. The number of unbranched alkanes of at least 4 members (excludes halogenated alkanes) is 12. The molecule has 0 aromatic heterocycles. The summed E-state index contributed by atoms with van der Waals surface area (Å²) in [5.41, 5.74) is 0. The van der Waals surface area contributed by atoms with Crippen LogP contribution in [-0.4, -0.2) is 26.1 Å². The van der Waals surface area contributed by atoms with Gasteiger partial charge in [0.1, 0.15) is 0 Å². The Labute approximate surface area is 178 Å². The minimum absolute atomic E-state index is 0.188. The molecule has 0 aliphatic heterocycles. The van der Waals surface area contributed by atoms with E-state index in [0.717, 1.165) is 6.42 Å². The summed E-state index contributed by atoms with van der Waals surface area (Å²) in [5.74, 6) is 6.36. The summed E-state index contributed by atoms with van der Waals surface area (Å²) in [4.78, 5) is 0. The van der Waals surface area contributed by atoms with Crippen LogP contribution in [0.4, 0.5) is 0 Å². The van der Waals surface area contributed by atoms with E-state index in [4.69, 9.17) is 4.43 Å². The molecule has 0 rings (SSSR count). The molecule has 2 nitrogen and oxygen atoms in total. The first-order valence-corrected chi connectivity index (χ1v) is 14.9. The average molecular weight is 411 g/mol. The van der Waals surface area contributed by atoms with Gasteiger partial charge in [0, 0.05) is 12.8 Å². The van der Waals surface area contributed by atoms with Crippen molar-refractivity contribution >= 4 is 8.32 Å². The van der Waals surface area contributed by atoms with Gasteiger partial charge in [0.15, 0.2) is 8.32 Å². The Kier molecular flexibility index (Phi) is 16.3. The van der Waals surface area contributed by atoms with Crippen molar-refractivity contribution in [2.24, 2.45) is 0 Å². The zero-order valence-electron chi connectivity index (χ0n) is 20.0. The van der Waals surface area contributed by atoms with Crippen LogP contribution in [0.2, 0.25) is 18.1 Å². The summed E-state index contributed by atoms with van der Waals surface area (Å²) < 4.78 is 6.05. The van der Waals surface area contributed by atoms with E-state index in [1.54, 1.807) is 0 Å². The summed E-state index contributed by atoms with van der Waals surface area (Å²) in [6.07, 6.45) is 17.6. The molecule has 0 unspecified atom stereocenters. The Morgan fingerprint density at radius 2 is 1.25 bits per heavy atom. The molecule has 3 heteroatoms. The van der Waals surface area contributed by atoms with Gasteiger partial charge in [-0.25, -0.2) is 0 Å². The van der Waals surface area contributed by atoms with Crippen LogP contribution in [0.25, 0.3) is 0 Å². The molecule has 0 saturated heterocycles. The van der Waals surface area contributed by atoms with Crippen molar-refractivity contribution in [1.29, 1.82) is 0 Å². The van der Waals surface area contributed by atoms with Gasteiger partial charge in [-0.1, -0.05) is 98.3 Å². The fourth-order valence-corrected chi connectivity index (χ4v) is 3.95. The molecule has 1 atom stereocenters. The minimum atomic E-state index is -1.77. The summed E-state index contributed by atoms with van der Waals surface area (Å²) in [6, 6.07) is 0. The molecule has 0 radical (unpaired) electrons. The molecule has 28 heavy (non-hydrogen) atoms. The number of rotatable bonds is 16. The second-order valence-corrected chi connectivity index (χ2v) is 14.7. The maximum atomic E-state index is 10.1. The zero-order valence-corrected chi connectivity index (χ0v) is 21.0. The molecule has 0 aliphatic rings. The van der Waals surface area contributed by atoms with Crippen LogP contribution in [0.15, 0.2) is 0 Å². The van der Waals surface area contributed by atoms with E-state index < -0.39 is 14.4 Å². The Hall–Kier alpha value is -0.303. The second kappa shape index (κ2) is 16.5. The van der Waals surface area contributed by atoms with E-state index in [0.29, 0.717) is 13.0 Å². The van der Waals surface area contributed by atoms with Crippen LogP contribution in [0.5, 0.6) is 0 Å². The van der Waals surface area contributed by atoms with Crippen LogP contribution < -0.4 is 0 Å². The average Bonchev–Trinajstić information content (AvgIpc) is 2.62. The van der Waals surface area contributed by atoms with Crippen molar-refractivity contribution in [3.8, 4) is 11.8 Å². The van der Waals surface area contributed by atoms with Crippen molar-refractivity contribution in [2.75, 3.05) is 6.61 Å². The van der Waals surface area contributed by atoms with Crippen LogP contribution >= 0.6 is 0 Å². The third-order valence-electron chi connectivity index (χ3n) is 6.06. The van der Waals surface area contributed by atoms with E-state index in [1.165, 1.54) is 77.0 Å². The third kappa shape index (κ3) is 15.6. The normalized spacial score (nSPS) is 13.2. The van der Waals surface area contributed by atoms with E-state index >= 15 is 0 Å². The predicted octanol–water partition coefficient (Wildman–Crippen LogP) is 7.85. The first-order valence-electron chi connectivity index (χ1n) is 12.0. The third-order valence-corrected chi connectivity index (χ3v) is 10.6. The molecule has 166 valence electrons. The van der Waals surface area contributed by atoms with Gasteiger partial charge in [-0.3, -0.25) is 0 Å².